The number of nitrogens with zero attached hydrogens (tertiary/aromatic N) is 1. The van der Waals surface area contributed by atoms with E-state index in [-0.39, 0.29) is 5.78 Å². The second-order valence-corrected chi connectivity index (χ2v) is 7.46. The molecule has 0 N–H and O–H groups in total. The molecule has 32 heavy (non-hydrogen) atoms. The quantitative estimate of drug-likeness (QED) is 0.260. The molecule has 2 aromatic carbocycles. The Kier molecular flexibility index (Phi) is 21.5. The van der Waals surface area contributed by atoms with Crippen LogP contribution >= 0.6 is 0 Å². The summed E-state index contributed by atoms with van der Waals surface area (Å²) in [5.41, 5.74) is 4.30. The average molecular weight is 438 g/mol. The Morgan fingerprint density at radius 3 is 1.78 bits per heavy atom. The molecule has 2 aromatic rings. The van der Waals surface area contributed by atoms with Crippen LogP contribution in [0.25, 0.3) is 0 Å². The first-order valence-corrected chi connectivity index (χ1v) is 12.2. The van der Waals surface area contributed by atoms with Crippen LogP contribution in [0.4, 0.5) is 5.69 Å². The molecule has 2 nitrogen and oxygen atoms in total. The smallest absolute Gasteiger partial charge is 0.159 e. The van der Waals surface area contributed by atoms with Crippen molar-refractivity contribution >= 4 is 17.2 Å². The summed E-state index contributed by atoms with van der Waals surface area (Å²) in [7, 11) is 0. The predicted molar refractivity (Wildman–Crippen MR) is 146 cm³/mol. The molecule has 0 spiro atoms. The van der Waals surface area contributed by atoms with Gasteiger partial charge in [-0.05, 0) is 51.2 Å². The second-order valence-electron chi connectivity index (χ2n) is 7.46. The summed E-state index contributed by atoms with van der Waals surface area (Å²) >= 11 is 0. The minimum atomic E-state index is 0.121. The number of benzene rings is 2. The molecule has 178 valence electrons. The number of allylic oxidation sites excluding steroid dienone is 1. The molecular weight excluding hydrogens is 390 g/mol. The normalized spacial score (nSPS) is 11.6. The number of aryl methyl sites for hydroxylation is 1. The first-order valence-electron chi connectivity index (χ1n) is 12.2. The van der Waals surface area contributed by atoms with E-state index >= 15 is 0 Å². The summed E-state index contributed by atoms with van der Waals surface area (Å²) in [5, 5.41) is 0. The molecule has 0 atom stereocenters. The molecule has 0 aliphatic heterocycles. The van der Waals surface area contributed by atoms with Crippen molar-refractivity contribution in [1.29, 1.82) is 0 Å². The van der Waals surface area contributed by atoms with Gasteiger partial charge in [0, 0.05) is 11.3 Å². The third-order valence-electron chi connectivity index (χ3n) is 4.68. The van der Waals surface area contributed by atoms with E-state index in [1.165, 1.54) is 30.5 Å². The van der Waals surface area contributed by atoms with E-state index in [4.69, 9.17) is 0 Å². The number of carbonyl (C=O) groups is 1. The van der Waals surface area contributed by atoms with Crippen molar-refractivity contribution in [3.63, 3.8) is 0 Å². The van der Waals surface area contributed by atoms with Crippen LogP contribution in [0.3, 0.4) is 0 Å². The highest BCUT2D eigenvalue weighted by atomic mass is 16.1. The van der Waals surface area contributed by atoms with Crippen LogP contribution in [0.2, 0.25) is 0 Å². The van der Waals surface area contributed by atoms with Crippen molar-refractivity contribution < 1.29 is 4.79 Å². The summed E-state index contributed by atoms with van der Waals surface area (Å²) in [4.78, 5) is 15.1. The van der Waals surface area contributed by atoms with Gasteiger partial charge in [0.05, 0.1) is 5.69 Å². The molecule has 0 saturated heterocycles. The number of para-hydroxylation sites is 1. The molecule has 0 heterocycles. The zero-order chi connectivity index (χ0) is 24.8. The Morgan fingerprint density at radius 2 is 1.47 bits per heavy atom. The van der Waals surface area contributed by atoms with Crippen LogP contribution in [0.15, 0.2) is 72.2 Å². The van der Waals surface area contributed by atoms with Crippen molar-refractivity contribution in [3.8, 4) is 0 Å². The van der Waals surface area contributed by atoms with Crippen molar-refractivity contribution in [2.24, 2.45) is 10.9 Å². The Bertz CT molecular complexity index is 742. The molecule has 0 aromatic heterocycles. The van der Waals surface area contributed by atoms with Gasteiger partial charge in [0.15, 0.2) is 5.78 Å². The van der Waals surface area contributed by atoms with Gasteiger partial charge >= 0.3 is 0 Å². The largest absolute Gasteiger partial charge is 0.295 e. The maximum atomic E-state index is 10.6. The van der Waals surface area contributed by atoms with Gasteiger partial charge in [-0.3, -0.25) is 9.79 Å². The topological polar surface area (TPSA) is 29.4 Å². The SMILES string of the molecule is C=CCC.CC.CC(=O)c1ccccc1.CCC(C)=Nc1ccccc1C.CCC1CC1. The summed E-state index contributed by atoms with van der Waals surface area (Å²) in [6.45, 7) is 19.6. The molecule has 0 amide bonds. The van der Waals surface area contributed by atoms with Crippen molar-refractivity contribution in [3.05, 3.63) is 78.4 Å². The van der Waals surface area contributed by atoms with Crippen LogP contribution in [0.1, 0.15) is 96.5 Å². The summed E-state index contributed by atoms with van der Waals surface area (Å²) in [5.74, 6) is 1.26. The third-order valence-corrected chi connectivity index (χ3v) is 4.68. The molecule has 0 unspecified atom stereocenters. The fourth-order valence-corrected chi connectivity index (χ4v) is 2.17. The number of ketones is 1. The Morgan fingerprint density at radius 1 is 0.969 bits per heavy atom. The lowest BCUT2D eigenvalue weighted by Gasteiger charge is -2.00. The maximum absolute atomic E-state index is 10.6. The number of Topliss-reactive ketones (excluding diaryl/α,β-unsaturated/α-hetero) is 1. The van der Waals surface area contributed by atoms with Crippen LogP contribution in [-0.4, -0.2) is 11.5 Å². The molecule has 3 rings (SSSR count). The highest BCUT2D eigenvalue weighted by Crippen LogP contribution is 2.31. The van der Waals surface area contributed by atoms with Gasteiger partial charge in [0.25, 0.3) is 0 Å². The minimum Gasteiger partial charge on any atom is -0.295 e. The van der Waals surface area contributed by atoms with Crippen molar-refractivity contribution in [2.75, 3.05) is 0 Å². The number of hydrogen-bond donors (Lipinski definition) is 0. The molecule has 1 fully saturated rings. The van der Waals surface area contributed by atoms with Crippen LogP contribution < -0.4 is 0 Å². The van der Waals surface area contributed by atoms with E-state index in [1.807, 2.05) is 62.4 Å². The molecule has 1 saturated carbocycles. The van der Waals surface area contributed by atoms with Gasteiger partial charge < -0.3 is 0 Å². The van der Waals surface area contributed by atoms with Crippen molar-refractivity contribution in [2.45, 2.75) is 87.5 Å². The number of hydrogen-bond acceptors (Lipinski definition) is 2. The Balaban J connectivity index is 0. The molecular formula is C30H47NO. The molecule has 1 aliphatic carbocycles. The molecule has 0 radical (unpaired) electrons. The molecule has 0 bridgehead atoms. The highest BCUT2D eigenvalue weighted by molar-refractivity contribution is 5.93. The van der Waals surface area contributed by atoms with E-state index in [0.717, 1.165) is 30.0 Å². The highest BCUT2D eigenvalue weighted by Gasteiger charge is 2.17. The lowest BCUT2D eigenvalue weighted by atomic mass is 10.2. The number of rotatable bonds is 5. The summed E-state index contributed by atoms with van der Waals surface area (Å²) < 4.78 is 0. The van der Waals surface area contributed by atoms with E-state index in [0.29, 0.717) is 0 Å². The van der Waals surface area contributed by atoms with Crippen LogP contribution in [0.5, 0.6) is 0 Å². The second kappa shape index (κ2) is 21.7. The number of aliphatic imine (C=N–C) groups is 1. The average Bonchev–Trinajstić information content (AvgIpc) is 3.68. The van der Waals surface area contributed by atoms with Crippen molar-refractivity contribution in [1.82, 2.24) is 0 Å². The lowest BCUT2D eigenvalue weighted by molar-refractivity contribution is 0.101. The van der Waals surface area contributed by atoms with Gasteiger partial charge in [-0.2, -0.15) is 0 Å². The lowest BCUT2D eigenvalue weighted by Crippen LogP contribution is -1.88. The van der Waals surface area contributed by atoms with Crippen LogP contribution in [0, 0.1) is 12.8 Å². The Hall–Kier alpha value is -2.48. The third kappa shape index (κ3) is 18.3. The van der Waals surface area contributed by atoms with E-state index in [9.17, 15) is 4.79 Å². The summed E-state index contributed by atoms with van der Waals surface area (Å²) in [6.07, 6.45) is 8.42. The van der Waals surface area contributed by atoms with Gasteiger partial charge in [0.2, 0.25) is 0 Å². The standard InChI is InChI=1S/C11H15N.C8H8O.C5H10.C4H8.C2H6/c1-4-10(3)12-11-8-6-5-7-9(11)2;1-7(9)8-5-3-2-4-6-8;1-2-5-3-4-5;1-3-4-2;1-2/h5-8H,4H2,1-3H3;2-6H,1H3;5H,2-4H2,1H3;3H,1,4H2,2H3;1-2H3. The zero-order valence-electron chi connectivity index (χ0n) is 21.9. The van der Waals surface area contributed by atoms with Gasteiger partial charge in [-0.1, -0.05) is 108 Å². The van der Waals surface area contributed by atoms with Gasteiger partial charge in [-0.15, -0.1) is 6.58 Å². The first-order chi connectivity index (χ1) is 15.4. The monoisotopic (exact) mass is 437 g/mol. The molecule has 2 heteroatoms. The summed E-state index contributed by atoms with van der Waals surface area (Å²) in [6, 6.07) is 17.4. The van der Waals surface area contributed by atoms with E-state index in [2.05, 4.69) is 58.3 Å². The van der Waals surface area contributed by atoms with Gasteiger partial charge in [-0.25, -0.2) is 0 Å². The van der Waals surface area contributed by atoms with E-state index in [1.54, 1.807) is 6.92 Å². The van der Waals surface area contributed by atoms with E-state index < -0.39 is 0 Å². The molecule has 1 aliphatic rings. The first kappa shape index (κ1) is 31.7. The fourth-order valence-electron chi connectivity index (χ4n) is 2.17. The minimum absolute atomic E-state index is 0.121. The van der Waals surface area contributed by atoms with Crippen LogP contribution in [-0.2, 0) is 0 Å². The fraction of sp³-hybridized carbons (Fsp3) is 0.467. The zero-order valence-corrected chi connectivity index (χ0v) is 21.9. The maximum Gasteiger partial charge on any atom is 0.159 e. The van der Waals surface area contributed by atoms with Gasteiger partial charge in [0.1, 0.15) is 0 Å². The predicted octanol–water partition coefficient (Wildman–Crippen LogP) is 9.80. The number of carbonyl (C=O) groups excluding carboxylic acids is 1. The Labute approximate surface area is 198 Å².